The molecule has 30 heavy (non-hydrogen) atoms. The summed E-state index contributed by atoms with van der Waals surface area (Å²) in [6.07, 6.45) is 0. The molecule has 4 aromatic rings. The van der Waals surface area contributed by atoms with E-state index in [1.807, 2.05) is 18.2 Å². The monoisotopic (exact) mass is 467 g/mol. The Hall–Kier alpha value is -2.84. The highest BCUT2D eigenvalue weighted by Crippen LogP contribution is 2.28. The number of aromatic amines is 1. The van der Waals surface area contributed by atoms with Crippen molar-refractivity contribution in [1.29, 1.82) is 0 Å². The molecule has 0 saturated carbocycles. The fourth-order valence-corrected chi connectivity index (χ4v) is 4.16. The van der Waals surface area contributed by atoms with Crippen LogP contribution in [0.2, 0.25) is 0 Å². The second-order valence-corrected chi connectivity index (χ2v) is 8.54. The lowest BCUT2D eigenvalue weighted by molar-refractivity contribution is 0.313. The van der Waals surface area contributed by atoms with Crippen molar-refractivity contribution < 1.29 is 4.42 Å². The molecule has 0 amide bonds. The summed E-state index contributed by atoms with van der Waals surface area (Å²) in [6.45, 7) is 4.67. The van der Waals surface area contributed by atoms with Crippen LogP contribution in [-0.4, -0.2) is 48.1 Å². The molecule has 2 aromatic carbocycles. The van der Waals surface area contributed by atoms with Crippen molar-refractivity contribution in [2.24, 2.45) is 0 Å². The van der Waals surface area contributed by atoms with Crippen LogP contribution in [0.1, 0.15) is 5.82 Å². The van der Waals surface area contributed by atoms with Crippen LogP contribution in [-0.2, 0) is 6.54 Å². The molecule has 0 radical (unpaired) electrons. The zero-order valence-electron chi connectivity index (χ0n) is 16.6. The highest BCUT2D eigenvalue weighted by atomic mass is 79.9. The second kappa shape index (κ2) is 7.77. The summed E-state index contributed by atoms with van der Waals surface area (Å²) in [4.78, 5) is 24.7. The van der Waals surface area contributed by atoms with Crippen molar-refractivity contribution in [3.05, 3.63) is 63.1 Å². The van der Waals surface area contributed by atoms with Gasteiger partial charge in [-0.05, 0) is 49.5 Å². The molecule has 1 aliphatic rings. The van der Waals surface area contributed by atoms with Crippen LogP contribution in [0.15, 0.2) is 56.1 Å². The Morgan fingerprint density at radius 2 is 1.90 bits per heavy atom. The molecule has 1 saturated heterocycles. The van der Waals surface area contributed by atoms with Gasteiger partial charge in [0, 0.05) is 47.4 Å². The molecule has 0 bridgehead atoms. The van der Waals surface area contributed by atoms with E-state index in [0.29, 0.717) is 23.5 Å². The third kappa shape index (κ3) is 3.68. The number of rotatable bonds is 4. The fraction of sp³-hybridized carbons (Fsp3) is 0.273. The highest BCUT2D eigenvalue weighted by molar-refractivity contribution is 9.10. The van der Waals surface area contributed by atoms with E-state index in [0.717, 1.165) is 41.7 Å². The number of H-pyrrole nitrogens is 1. The van der Waals surface area contributed by atoms with Crippen molar-refractivity contribution >= 4 is 49.4 Å². The predicted molar refractivity (Wildman–Crippen MR) is 123 cm³/mol. The normalized spacial score (nSPS) is 15.2. The highest BCUT2D eigenvalue weighted by Gasteiger charge is 2.15. The molecule has 2 aromatic heterocycles. The maximum absolute atomic E-state index is 12.5. The van der Waals surface area contributed by atoms with Crippen molar-refractivity contribution in [2.45, 2.75) is 6.54 Å². The van der Waals surface area contributed by atoms with Gasteiger partial charge in [-0.1, -0.05) is 15.9 Å². The molecule has 1 aliphatic heterocycles. The molecular weight excluding hydrogens is 446 g/mol. The number of halogens is 1. The third-order valence-electron chi connectivity index (χ3n) is 5.53. The maximum Gasteiger partial charge on any atom is 0.294 e. The second-order valence-electron chi connectivity index (χ2n) is 7.62. The van der Waals surface area contributed by atoms with Gasteiger partial charge in [0.2, 0.25) is 5.58 Å². The summed E-state index contributed by atoms with van der Waals surface area (Å²) in [7, 11) is 2.16. The Kier molecular flexibility index (Phi) is 4.96. The Bertz CT molecular complexity index is 1260. The Labute approximate surface area is 181 Å². The number of likely N-dealkylation sites (N-methyl/N-ethyl adjacent to an activating group) is 1. The minimum atomic E-state index is -0.269. The van der Waals surface area contributed by atoms with E-state index in [-0.39, 0.29) is 11.1 Å². The lowest BCUT2D eigenvalue weighted by Gasteiger charge is -2.34. The van der Waals surface area contributed by atoms with Gasteiger partial charge in [-0.3, -0.25) is 4.79 Å². The topological polar surface area (TPSA) is 77.4 Å². The van der Waals surface area contributed by atoms with Gasteiger partial charge in [0.15, 0.2) is 0 Å². The standard InChI is InChI=1S/C22H22BrN5O2/c1-27-8-10-28(11-9-27)16-5-3-15(4-6-16)24-13-19-25-20-17-12-14(23)2-7-18(17)30-21(20)22(29)26-19/h2-7,12,24H,8-11,13H2,1H3,(H,25,26,29). The molecule has 0 unspecified atom stereocenters. The molecule has 8 heteroatoms. The number of hydrogen-bond acceptors (Lipinski definition) is 6. The molecular formula is C22H22BrN5O2. The van der Waals surface area contributed by atoms with E-state index < -0.39 is 0 Å². The Morgan fingerprint density at radius 3 is 2.67 bits per heavy atom. The van der Waals surface area contributed by atoms with Gasteiger partial charge in [-0.15, -0.1) is 0 Å². The molecule has 7 nitrogen and oxygen atoms in total. The van der Waals surface area contributed by atoms with Crippen molar-refractivity contribution in [3.8, 4) is 0 Å². The van der Waals surface area contributed by atoms with E-state index in [4.69, 9.17) is 4.42 Å². The number of hydrogen-bond donors (Lipinski definition) is 2. The van der Waals surface area contributed by atoms with Gasteiger partial charge >= 0.3 is 0 Å². The van der Waals surface area contributed by atoms with Gasteiger partial charge in [0.1, 0.15) is 16.9 Å². The first kappa shape index (κ1) is 19.1. The van der Waals surface area contributed by atoms with Gasteiger partial charge in [-0.2, -0.15) is 0 Å². The summed E-state index contributed by atoms with van der Waals surface area (Å²) in [6, 6.07) is 14.0. The van der Waals surface area contributed by atoms with Crippen molar-refractivity contribution in [3.63, 3.8) is 0 Å². The van der Waals surface area contributed by atoms with Crippen LogP contribution in [0.4, 0.5) is 11.4 Å². The van der Waals surface area contributed by atoms with E-state index >= 15 is 0 Å². The molecule has 1 fully saturated rings. The minimum absolute atomic E-state index is 0.253. The lowest BCUT2D eigenvalue weighted by atomic mass is 10.2. The predicted octanol–water partition coefficient (Wildman–Crippen LogP) is 3.80. The average Bonchev–Trinajstić information content (AvgIpc) is 3.12. The zero-order valence-corrected chi connectivity index (χ0v) is 18.2. The number of nitrogens with zero attached hydrogens (tertiary/aromatic N) is 3. The summed E-state index contributed by atoms with van der Waals surface area (Å²) in [5, 5.41) is 4.16. The van der Waals surface area contributed by atoms with Gasteiger partial charge in [0.05, 0.1) is 6.54 Å². The van der Waals surface area contributed by atoms with Crippen LogP contribution in [0, 0.1) is 0 Å². The number of aromatic nitrogens is 2. The number of fused-ring (bicyclic) bond motifs is 3. The summed E-state index contributed by atoms with van der Waals surface area (Å²) in [5.74, 6) is 0.568. The summed E-state index contributed by atoms with van der Waals surface area (Å²) >= 11 is 3.47. The molecule has 0 aliphatic carbocycles. The Balaban J connectivity index is 1.34. The zero-order chi connectivity index (χ0) is 20.7. The number of piperazine rings is 1. The fourth-order valence-electron chi connectivity index (χ4n) is 3.80. The van der Waals surface area contributed by atoms with E-state index in [1.165, 1.54) is 5.69 Å². The third-order valence-corrected chi connectivity index (χ3v) is 6.02. The molecule has 0 spiro atoms. The van der Waals surface area contributed by atoms with E-state index in [2.05, 4.69) is 72.3 Å². The molecule has 5 rings (SSSR count). The first-order chi connectivity index (χ1) is 14.6. The number of nitrogens with one attached hydrogen (secondary N) is 2. The van der Waals surface area contributed by atoms with Crippen molar-refractivity contribution in [1.82, 2.24) is 14.9 Å². The van der Waals surface area contributed by atoms with Gasteiger partial charge < -0.3 is 24.5 Å². The summed E-state index contributed by atoms with van der Waals surface area (Å²) < 4.78 is 6.59. The molecule has 3 heterocycles. The van der Waals surface area contributed by atoms with Gasteiger partial charge in [-0.25, -0.2) is 4.98 Å². The molecule has 2 N–H and O–H groups in total. The van der Waals surface area contributed by atoms with E-state index in [9.17, 15) is 4.79 Å². The largest absolute Gasteiger partial charge is 0.449 e. The van der Waals surface area contributed by atoms with Crippen LogP contribution < -0.4 is 15.8 Å². The van der Waals surface area contributed by atoms with E-state index in [1.54, 1.807) is 0 Å². The SMILES string of the molecule is CN1CCN(c2ccc(NCc3nc4c(oc5ccc(Br)cc54)c(=O)[nH]3)cc2)CC1. The Morgan fingerprint density at radius 1 is 1.13 bits per heavy atom. The van der Waals surface area contributed by atoms with Gasteiger partial charge in [0.25, 0.3) is 5.56 Å². The van der Waals surface area contributed by atoms with Crippen LogP contribution >= 0.6 is 15.9 Å². The molecule has 154 valence electrons. The molecule has 0 atom stereocenters. The average molecular weight is 468 g/mol. The smallest absolute Gasteiger partial charge is 0.294 e. The first-order valence-corrected chi connectivity index (χ1v) is 10.7. The van der Waals surface area contributed by atoms with Crippen LogP contribution in [0.5, 0.6) is 0 Å². The van der Waals surface area contributed by atoms with Crippen molar-refractivity contribution in [2.75, 3.05) is 43.4 Å². The lowest BCUT2D eigenvalue weighted by Crippen LogP contribution is -2.44. The number of furan rings is 1. The number of anilines is 2. The quantitative estimate of drug-likeness (QED) is 0.475. The number of benzene rings is 2. The van der Waals surface area contributed by atoms with Crippen LogP contribution in [0.3, 0.4) is 0 Å². The first-order valence-electron chi connectivity index (χ1n) is 9.95. The summed E-state index contributed by atoms with van der Waals surface area (Å²) in [5.41, 5.74) is 3.43. The maximum atomic E-state index is 12.5. The minimum Gasteiger partial charge on any atom is -0.449 e. The van der Waals surface area contributed by atoms with Crippen LogP contribution in [0.25, 0.3) is 22.1 Å².